The average Bonchev–Trinajstić information content (AvgIpc) is 2.87. The van der Waals surface area contributed by atoms with Crippen LogP contribution in [0.15, 0.2) is 71.6 Å². The lowest BCUT2D eigenvalue weighted by molar-refractivity contribution is -0.155. The van der Waals surface area contributed by atoms with Gasteiger partial charge in [-0.25, -0.2) is 0 Å². The van der Waals surface area contributed by atoms with Crippen LogP contribution in [0.3, 0.4) is 0 Å². The minimum absolute atomic E-state index is 0.0659. The maximum absolute atomic E-state index is 12.7. The molecule has 1 aliphatic rings. The number of halogens is 1. The SMILES string of the molecule is CCOc1ccc(Cc2cc([C@H]3C[C@@H](O)C(=O)[C@@H](CSc4cccc(CC(=O)O)c4)O3)ccc2Cl)cc1. The third-order valence-corrected chi connectivity index (χ3v) is 7.56. The number of carbonyl (C=O) groups excluding carboxylic acids is 1. The highest BCUT2D eigenvalue weighted by Gasteiger charge is 2.37. The van der Waals surface area contributed by atoms with Crippen molar-refractivity contribution in [2.24, 2.45) is 0 Å². The van der Waals surface area contributed by atoms with Crippen LogP contribution in [0.5, 0.6) is 5.75 Å². The predicted molar refractivity (Wildman–Crippen MR) is 144 cm³/mol. The summed E-state index contributed by atoms with van der Waals surface area (Å²) in [7, 11) is 0. The van der Waals surface area contributed by atoms with E-state index in [1.807, 2.05) is 55.5 Å². The van der Waals surface area contributed by atoms with Gasteiger partial charge in [-0.2, -0.15) is 0 Å². The number of Topliss-reactive ketones (excluding diaryl/α,β-unsaturated/α-hetero) is 1. The highest BCUT2D eigenvalue weighted by atomic mass is 35.5. The summed E-state index contributed by atoms with van der Waals surface area (Å²) in [6.07, 6.45) is -1.62. The number of carbonyl (C=O) groups is 2. The lowest BCUT2D eigenvalue weighted by Gasteiger charge is -2.32. The van der Waals surface area contributed by atoms with Crippen LogP contribution in [0.2, 0.25) is 5.02 Å². The zero-order valence-electron chi connectivity index (χ0n) is 20.4. The van der Waals surface area contributed by atoms with Gasteiger partial charge in [0.2, 0.25) is 0 Å². The number of carboxylic acid groups (broad SMARTS) is 1. The molecule has 0 amide bonds. The van der Waals surface area contributed by atoms with E-state index in [0.717, 1.165) is 27.3 Å². The van der Waals surface area contributed by atoms with E-state index in [0.29, 0.717) is 29.4 Å². The van der Waals surface area contributed by atoms with E-state index in [2.05, 4.69) is 0 Å². The number of aliphatic carboxylic acids is 1. The lowest BCUT2D eigenvalue weighted by atomic mass is 9.93. The van der Waals surface area contributed by atoms with Gasteiger partial charge in [-0.05, 0) is 65.9 Å². The van der Waals surface area contributed by atoms with Gasteiger partial charge in [-0.1, -0.05) is 48.0 Å². The number of thioether (sulfide) groups is 1. The molecule has 1 aliphatic heterocycles. The van der Waals surface area contributed by atoms with Crippen LogP contribution in [-0.4, -0.2) is 46.5 Å². The molecular weight excluding hydrogens is 512 g/mol. The molecule has 4 rings (SSSR count). The third-order valence-electron chi connectivity index (χ3n) is 6.14. The maximum Gasteiger partial charge on any atom is 0.307 e. The fraction of sp³-hybridized carbons (Fsp3) is 0.310. The van der Waals surface area contributed by atoms with E-state index >= 15 is 0 Å². The Kier molecular flexibility index (Phi) is 9.27. The largest absolute Gasteiger partial charge is 0.494 e. The van der Waals surface area contributed by atoms with Gasteiger partial charge < -0.3 is 19.7 Å². The molecule has 3 atom stereocenters. The number of carboxylic acids is 1. The summed E-state index contributed by atoms with van der Waals surface area (Å²) in [6.45, 7) is 2.56. The van der Waals surface area contributed by atoms with E-state index in [9.17, 15) is 14.7 Å². The molecule has 3 aromatic rings. The molecule has 2 N–H and O–H groups in total. The Bertz CT molecular complexity index is 1250. The quantitative estimate of drug-likeness (QED) is 0.327. The van der Waals surface area contributed by atoms with Gasteiger partial charge in [0.05, 0.1) is 19.1 Å². The van der Waals surface area contributed by atoms with E-state index in [1.54, 1.807) is 18.2 Å². The molecule has 1 saturated heterocycles. The molecule has 1 fully saturated rings. The summed E-state index contributed by atoms with van der Waals surface area (Å²) in [6, 6.07) is 20.8. The minimum atomic E-state index is -1.12. The highest BCUT2D eigenvalue weighted by molar-refractivity contribution is 7.99. The van der Waals surface area contributed by atoms with Gasteiger partial charge in [0, 0.05) is 22.1 Å². The number of aliphatic hydroxyl groups is 1. The highest BCUT2D eigenvalue weighted by Crippen LogP contribution is 2.34. The summed E-state index contributed by atoms with van der Waals surface area (Å²) in [5.41, 5.74) is 3.56. The number of aliphatic hydroxyl groups excluding tert-OH is 1. The fourth-order valence-corrected chi connectivity index (χ4v) is 5.48. The number of rotatable bonds is 10. The third kappa shape index (κ3) is 7.36. The van der Waals surface area contributed by atoms with E-state index in [1.165, 1.54) is 11.8 Å². The van der Waals surface area contributed by atoms with Crippen molar-refractivity contribution < 1.29 is 29.3 Å². The topological polar surface area (TPSA) is 93.1 Å². The standard InChI is InChI=1S/C29H29ClO6S/c1-2-35-22-9-6-18(7-10-22)12-21-15-20(8-11-24(21)30)26-16-25(31)29(34)27(36-26)17-37-23-5-3-4-19(13-23)14-28(32)33/h3-11,13,15,25-27,31H,2,12,14,16-17H2,1H3,(H,32,33)/t25-,26-,27-/m1/s1. The molecule has 0 spiro atoms. The molecule has 0 bridgehead atoms. The fourth-order valence-electron chi connectivity index (χ4n) is 4.30. The van der Waals surface area contributed by atoms with Crippen LogP contribution in [0, 0.1) is 0 Å². The Balaban J connectivity index is 1.45. The number of ketones is 1. The zero-order chi connectivity index (χ0) is 26.4. The predicted octanol–water partition coefficient (Wildman–Crippen LogP) is 5.51. The molecule has 3 aromatic carbocycles. The Hall–Kier alpha value is -2.84. The molecule has 0 aliphatic carbocycles. The van der Waals surface area contributed by atoms with Gasteiger partial charge in [0.15, 0.2) is 5.78 Å². The lowest BCUT2D eigenvalue weighted by Crippen LogP contribution is -2.43. The van der Waals surface area contributed by atoms with Gasteiger partial charge in [-0.15, -0.1) is 11.8 Å². The normalized spacial score (nSPS) is 19.5. The number of ether oxygens (including phenoxy) is 2. The minimum Gasteiger partial charge on any atom is -0.494 e. The van der Waals surface area contributed by atoms with Crippen molar-refractivity contribution in [2.45, 2.75) is 49.4 Å². The van der Waals surface area contributed by atoms with Gasteiger partial charge >= 0.3 is 5.97 Å². The summed E-state index contributed by atoms with van der Waals surface area (Å²) < 4.78 is 11.7. The number of hydrogen-bond acceptors (Lipinski definition) is 6. The number of hydrogen-bond donors (Lipinski definition) is 2. The van der Waals surface area contributed by atoms with Crippen LogP contribution in [0.4, 0.5) is 0 Å². The van der Waals surface area contributed by atoms with Crippen LogP contribution in [-0.2, 0) is 27.2 Å². The molecule has 8 heteroatoms. The van der Waals surface area contributed by atoms with E-state index in [4.69, 9.17) is 26.2 Å². The second-order valence-corrected chi connectivity index (χ2v) is 10.4. The summed E-state index contributed by atoms with van der Waals surface area (Å²) in [5, 5.41) is 20.2. The van der Waals surface area contributed by atoms with E-state index in [-0.39, 0.29) is 18.6 Å². The van der Waals surface area contributed by atoms with Crippen molar-refractivity contribution >= 4 is 35.1 Å². The summed E-state index contributed by atoms with van der Waals surface area (Å²) >= 11 is 7.90. The molecule has 0 aromatic heterocycles. The molecule has 0 radical (unpaired) electrons. The Morgan fingerprint density at radius 3 is 2.62 bits per heavy atom. The smallest absolute Gasteiger partial charge is 0.307 e. The molecule has 6 nitrogen and oxygen atoms in total. The Morgan fingerprint density at radius 2 is 1.89 bits per heavy atom. The first-order valence-corrected chi connectivity index (χ1v) is 13.5. The Morgan fingerprint density at radius 1 is 1.11 bits per heavy atom. The van der Waals surface area contributed by atoms with Crippen molar-refractivity contribution in [3.63, 3.8) is 0 Å². The monoisotopic (exact) mass is 540 g/mol. The van der Waals surface area contributed by atoms with Crippen molar-refractivity contribution in [2.75, 3.05) is 12.4 Å². The molecule has 0 saturated carbocycles. The Labute approximate surface area is 225 Å². The van der Waals surface area contributed by atoms with Crippen LogP contribution in [0.25, 0.3) is 0 Å². The van der Waals surface area contributed by atoms with Gasteiger partial charge in [-0.3, -0.25) is 9.59 Å². The van der Waals surface area contributed by atoms with Crippen LogP contribution < -0.4 is 4.74 Å². The van der Waals surface area contributed by atoms with E-state index < -0.39 is 24.3 Å². The summed E-state index contributed by atoms with van der Waals surface area (Å²) in [5.74, 6) is -0.106. The first-order valence-electron chi connectivity index (χ1n) is 12.1. The van der Waals surface area contributed by atoms with Crippen molar-refractivity contribution in [1.82, 2.24) is 0 Å². The van der Waals surface area contributed by atoms with Crippen LogP contribution >= 0.6 is 23.4 Å². The van der Waals surface area contributed by atoms with Crippen molar-refractivity contribution in [3.8, 4) is 5.75 Å². The van der Waals surface area contributed by atoms with Crippen molar-refractivity contribution in [1.29, 1.82) is 0 Å². The first kappa shape index (κ1) is 27.2. The van der Waals surface area contributed by atoms with Crippen molar-refractivity contribution in [3.05, 3.63) is 94.0 Å². The summed E-state index contributed by atoms with van der Waals surface area (Å²) in [4.78, 5) is 24.5. The second kappa shape index (κ2) is 12.6. The average molecular weight is 541 g/mol. The first-order chi connectivity index (χ1) is 17.8. The number of benzene rings is 3. The molecule has 0 unspecified atom stereocenters. The molecular formula is C29H29ClO6S. The molecule has 1 heterocycles. The maximum atomic E-state index is 12.7. The molecule has 37 heavy (non-hydrogen) atoms. The second-order valence-electron chi connectivity index (χ2n) is 8.90. The van der Waals surface area contributed by atoms with Gasteiger partial charge in [0.25, 0.3) is 0 Å². The van der Waals surface area contributed by atoms with Gasteiger partial charge in [0.1, 0.15) is 18.0 Å². The molecule has 194 valence electrons. The zero-order valence-corrected chi connectivity index (χ0v) is 22.0. The van der Waals surface area contributed by atoms with Crippen LogP contribution in [0.1, 0.15) is 41.7 Å².